The van der Waals surface area contributed by atoms with Crippen molar-refractivity contribution in [1.82, 2.24) is 14.5 Å². The van der Waals surface area contributed by atoms with Gasteiger partial charge < -0.3 is 10.0 Å². The van der Waals surface area contributed by atoms with Gasteiger partial charge in [0.2, 0.25) is 5.91 Å². The molecule has 1 aromatic rings. The highest BCUT2D eigenvalue weighted by Gasteiger charge is 2.56. The molecule has 0 saturated carbocycles. The van der Waals surface area contributed by atoms with Crippen LogP contribution < -0.4 is 11.2 Å². The average molecular weight is 321 g/mol. The third-order valence-corrected chi connectivity index (χ3v) is 5.65. The van der Waals surface area contributed by atoms with Gasteiger partial charge in [0.25, 0.3) is 5.56 Å². The molecule has 7 nitrogen and oxygen atoms in total. The number of aliphatic hydroxyl groups is 1. The number of carbonyl (C=O) groups is 1. The minimum atomic E-state index is -0.565. The Hall–Kier alpha value is -1.89. The van der Waals surface area contributed by atoms with Crippen molar-refractivity contribution in [2.24, 2.45) is 5.41 Å². The minimum absolute atomic E-state index is 0.0505. The van der Waals surface area contributed by atoms with Gasteiger partial charge in [-0.25, -0.2) is 4.79 Å². The number of fused-ring (bicyclic) bond motifs is 2. The van der Waals surface area contributed by atoms with Gasteiger partial charge in [0.15, 0.2) is 0 Å². The van der Waals surface area contributed by atoms with Gasteiger partial charge in [0, 0.05) is 29.3 Å². The molecule has 2 aliphatic heterocycles. The number of aromatic nitrogens is 2. The largest absolute Gasteiger partial charge is 0.396 e. The first-order valence-corrected chi connectivity index (χ1v) is 8.14. The number of amides is 1. The Labute approximate surface area is 133 Å². The van der Waals surface area contributed by atoms with Crippen molar-refractivity contribution in [3.63, 3.8) is 0 Å². The lowest BCUT2D eigenvalue weighted by atomic mass is 9.72. The number of nitrogens with one attached hydrogen (secondary N) is 1. The highest BCUT2D eigenvalue weighted by Crippen LogP contribution is 2.51. The summed E-state index contributed by atoms with van der Waals surface area (Å²) in [5.41, 5.74) is -0.792. The smallest absolute Gasteiger partial charge is 0.328 e. The van der Waals surface area contributed by atoms with Crippen LogP contribution in [0.3, 0.4) is 0 Å². The number of aryl methyl sites for hydroxylation is 1. The van der Waals surface area contributed by atoms with Gasteiger partial charge in [-0.05, 0) is 32.6 Å². The molecule has 2 bridgehead atoms. The van der Waals surface area contributed by atoms with Crippen LogP contribution in [0.5, 0.6) is 0 Å². The van der Waals surface area contributed by atoms with E-state index in [1.807, 2.05) is 4.90 Å². The fraction of sp³-hybridized carbons (Fsp3) is 0.688. The fourth-order valence-corrected chi connectivity index (χ4v) is 4.29. The molecular formula is C16H23N3O4. The Morgan fingerprint density at radius 2 is 2.17 bits per heavy atom. The van der Waals surface area contributed by atoms with Crippen LogP contribution in [0.2, 0.25) is 0 Å². The van der Waals surface area contributed by atoms with E-state index < -0.39 is 11.2 Å². The van der Waals surface area contributed by atoms with Gasteiger partial charge in [0.1, 0.15) is 6.54 Å². The van der Waals surface area contributed by atoms with Gasteiger partial charge in [-0.3, -0.25) is 19.1 Å². The van der Waals surface area contributed by atoms with E-state index in [1.54, 1.807) is 6.92 Å². The molecular weight excluding hydrogens is 298 g/mol. The van der Waals surface area contributed by atoms with Crippen molar-refractivity contribution < 1.29 is 9.90 Å². The van der Waals surface area contributed by atoms with Gasteiger partial charge in [0.05, 0.1) is 6.61 Å². The Kier molecular flexibility index (Phi) is 3.91. The van der Waals surface area contributed by atoms with E-state index in [4.69, 9.17) is 0 Å². The summed E-state index contributed by atoms with van der Waals surface area (Å²) in [5.74, 6) is -0.116. The summed E-state index contributed by atoms with van der Waals surface area (Å²) < 4.78 is 1.25. The van der Waals surface area contributed by atoms with E-state index in [0.717, 1.165) is 25.7 Å². The van der Waals surface area contributed by atoms with Crippen LogP contribution in [0, 0.1) is 12.3 Å². The second-order valence-corrected chi connectivity index (χ2v) is 6.83. The molecule has 3 heterocycles. The molecule has 0 unspecified atom stereocenters. The maximum Gasteiger partial charge on any atom is 0.328 e. The van der Waals surface area contributed by atoms with Crippen molar-refractivity contribution in [1.29, 1.82) is 0 Å². The van der Waals surface area contributed by atoms with E-state index in [-0.39, 0.29) is 36.6 Å². The first-order chi connectivity index (χ1) is 10.9. The second-order valence-electron chi connectivity index (χ2n) is 6.83. The molecule has 3 rings (SSSR count). The topological polar surface area (TPSA) is 95.4 Å². The van der Waals surface area contributed by atoms with E-state index in [0.29, 0.717) is 5.56 Å². The molecule has 3 atom stereocenters. The lowest BCUT2D eigenvalue weighted by Gasteiger charge is -2.34. The van der Waals surface area contributed by atoms with Crippen LogP contribution in [-0.2, 0) is 11.3 Å². The zero-order valence-corrected chi connectivity index (χ0v) is 13.5. The SMILES string of the molecule is CC[C@]1(CO)C[C@H]2CC[C@@H]1N2C(=O)Cn1cc(C)c(=O)[nH]c1=O. The van der Waals surface area contributed by atoms with E-state index >= 15 is 0 Å². The third-order valence-electron chi connectivity index (χ3n) is 5.65. The summed E-state index contributed by atoms with van der Waals surface area (Å²) in [4.78, 5) is 40.1. The number of hydrogen-bond acceptors (Lipinski definition) is 4. The van der Waals surface area contributed by atoms with Crippen molar-refractivity contribution in [3.05, 3.63) is 32.6 Å². The average Bonchev–Trinajstić information content (AvgIpc) is 3.08. The minimum Gasteiger partial charge on any atom is -0.396 e. The van der Waals surface area contributed by atoms with Crippen LogP contribution in [0.15, 0.2) is 15.8 Å². The maximum atomic E-state index is 12.7. The van der Waals surface area contributed by atoms with Crippen molar-refractivity contribution >= 4 is 5.91 Å². The molecule has 2 N–H and O–H groups in total. The maximum absolute atomic E-state index is 12.7. The Bertz CT molecular complexity index is 732. The standard InChI is InChI=1S/C16H23N3O4/c1-3-16(9-20)6-11-4-5-12(16)19(11)13(21)8-18-7-10(2)14(22)17-15(18)23/h7,11-12,20H,3-6,8-9H2,1-2H3,(H,17,22,23)/t11-,12+,16-/m1/s1. The lowest BCUT2D eigenvalue weighted by Crippen LogP contribution is -2.44. The molecule has 1 aromatic heterocycles. The number of nitrogens with zero attached hydrogens (tertiary/aromatic N) is 2. The van der Waals surface area contributed by atoms with Crippen LogP contribution in [-0.4, -0.2) is 44.2 Å². The summed E-state index contributed by atoms with van der Waals surface area (Å²) >= 11 is 0. The van der Waals surface area contributed by atoms with E-state index in [2.05, 4.69) is 11.9 Å². The third kappa shape index (κ3) is 2.43. The highest BCUT2D eigenvalue weighted by molar-refractivity contribution is 5.77. The number of hydrogen-bond donors (Lipinski definition) is 2. The van der Waals surface area contributed by atoms with E-state index in [9.17, 15) is 19.5 Å². The Balaban J connectivity index is 1.84. The van der Waals surface area contributed by atoms with Crippen LogP contribution in [0.25, 0.3) is 0 Å². The molecule has 0 radical (unpaired) electrons. The number of aromatic amines is 1. The Morgan fingerprint density at radius 1 is 1.43 bits per heavy atom. The lowest BCUT2D eigenvalue weighted by molar-refractivity contribution is -0.134. The molecule has 2 saturated heterocycles. The molecule has 0 aromatic carbocycles. The number of rotatable bonds is 4. The molecule has 1 amide bonds. The van der Waals surface area contributed by atoms with Crippen LogP contribution in [0.1, 0.15) is 38.2 Å². The Morgan fingerprint density at radius 3 is 2.78 bits per heavy atom. The molecule has 0 aliphatic carbocycles. The number of H-pyrrole nitrogens is 1. The fourth-order valence-electron chi connectivity index (χ4n) is 4.29. The molecule has 0 spiro atoms. The first-order valence-electron chi connectivity index (χ1n) is 8.14. The molecule has 2 aliphatic rings. The zero-order valence-electron chi connectivity index (χ0n) is 13.5. The summed E-state index contributed by atoms with van der Waals surface area (Å²) in [6.45, 7) is 3.67. The summed E-state index contributed by atoms with van der Waals surface area (Å²) in [7, 11) is 0. The normalized spacial score (nSPS) is 29.3. The molecule has 7 heteroatoms. The van der Waals surface area contributed by atoms with Crippen molar-refractivity contribution in [2.45, 2.75) is 58.2 Å². The summed E-state index contributed by atoms with van der Waals surface area (Å²) in [6.07, 6.45) is 4.96. The number of carbonyl (C=O) groups excluding carboxylic acids is 1. The monoisotopic (exact) mass is 321 g/mol. The van der Waals surface area contributed by atoms with Gasteiger partial charge >= 0.3 is 5.69 Å². The van der Waals surface area contributed by atoms with Crippen LogP contribution >= 0.6 is 0 Å². The molecule has 23 heavy (non-hydrogen) atoms. The predicted octanol–water partition coefficient (Wildman–Crippen LogP) is -0.00298. The molecule has 2 fully saturated rings. The van der Waals surface area contributed by atoms with Crippen LogP contribution in [0.4, 0.5) is 0 Å². The van der Waals surface area contributed by atoms with E-state index in [1.165, 1.54) is 10.8 Å². The quantitative estimate of drug-likeness (QED) is 0.816. The van der Waals surface area contributed by atoms with Gasteiger partial charge in [-0.2, -0.15) is 0 Å². The summed E-state index contributed by atoms with van der Waals surface area (Å²) in [6, 6.07) is 0.203. The predicted molar refractivity (Wildman–Crippen MR) is 84.1 cm³/mol. The molecule has 126 valence electrons. The highest BCUT2D eigenvalue weighted by atomic mass is 16.3. The number of aliphatic hydroxyl groups excluding tert-OH is 1. The zero-order chi connectivity index (χ0) is 16.8. The van der Waals surface area contributed by atoms with Crippen molar-refractivity contribution in [2.75, 3.05) is 6.61 Å². The van der Waals surface area contributed by atoms with Gasteiger partial charge in [-0.1, -0.05) is 6.92 Å². The first kappa shape index (κ1) is 16.0. The van der Waals surface area contributed by atoms with Crippen molar-refractivity contribution in [3.8, 4) is 0 Å². The summed E-state index contributed by atoms with van der Waals surface area (Å²) in [5, 5.41) is 9.81. The van der Waals surface area contributed by atoms with Gasteiger partial charge in [-0.15, -0.1) is 0 Å². The second kappa shape index (κ2) is 5.63.